The molecule has 0 aliphatic carbocycles. The Kier molecular flexibility index (Phi) is 4.24. The van der Waals surface area contributed by atoms with E-state index in [1.165, 1.54) is 0 Å². The Labute approximate surface area is 152 Å². The number of nitrogens with zero attached hydrogens (tertiary/aromatic N) is 5. The lowest BCUT2D eigenvalue weighted by Crippen LogP contribution is -2.41. The van der Waals surface area contributed by atoms with Gasteiger partial charge in [0.25, 0.3) is 5.91 Å². The normalized spacial score (nSPS) is 16.9. The van der Waals surface area contributed by atoms with E-state index in [-0.39, 0.29) is 11.9 Å². The van der Waals surface area contributed by atoms with Crippen LogP contribution in [0.3, 0.4) is 0 Å². The number of carbonyl (C=O) groups is 1. The van der Waals surface area contributed by atoms with Crippen molar-refractivity contribution in [1.29, 1.82) is 0 Å². The number of amides is 1. The first-order chi connectivity index (χ1) is 12.6. The summed E-state index contributed by atoms with van der Waals surface area (Å²) in [7, 11) is 1.87. The van der Waals surface area contributed by atoms with Crippen LogP contribution in [0, 0.1) is 0 Å². The molecule has 0 spiro atoms. The maximum absolute atomic E-state index is 13.2. The van der Waals surface area contributed by atoms with Crippen molar-refractivity contribution in [3.63, 3.8) is 0 Å². The second kappa shape index (κ2) is 6.57. The number of benzene rings is 1. The Hall–Kier alpha value is -2.67. The van der Waals surface area contributed by atoms with Gasteiger partial charge in [-0.15, -0.1) is 0 Å². The Bertz CT molecular complexity index is 958. The van der Waals surface area contributed by atoms with Crippen molar-refractivity contribution in [3.8, 4) is 0 Å². The second-order valence-corrected chi connectivity index (χ2v) is 6.56. The van der Waals surface area contributed by atoms with Gasteiger partial charge in [0, 0.05) is 32.1 Å². The zero-order valence-corrected chi connectivity index (χ0v) is 15.3. The Balaban J connectivity index is 1.64. The van der Waals surface area contributed by atoms with Crippen LogP contribution in [0.15, 0.2) is 30.5 Å². The highest BCUT2D eigenvalue weighted by Crippen LogP contribution is 2.28. The van der Waals surface area contributed by atoms with Crippen LogP contribution in [0.1, 0.15) is 41.9 Å². The van der Waals surface area contributed by atoms with Gasteiger partial charge in [-0.05, 0) is 19.9 Å². The van der Waals surface area contributed by atoms with E-state index in [2.05, 4.69) is 14.6 Å². The zero-order chi connectivity index (χ0) is 18.3. The minimum absolute atomic E-state index is 0.0464. The van der Waals surface area contributed by atoms with E-state index in [9.17, 15) is 4.79 Å². The molecule has 2 aromatic heterocycles. The van der Waals surface area contributed by atoms with E-state index < -0.39 is 0 Å². The van der Waals surface area contributed by atoms with E-state index in [0.717, 1.165) is 29.0 Å². The quantitative estimate of drug-likeness (QED) is 0.723. The molecule has 0 saturated heterocycles. The van der Waals surface area contributed by atoms with E-state index in [0.29, 0.717) is 25.5 Å². The van der Waals surface area contributed by atoms with Gasteiger partial charge in [0.05, 0.1) is 30.1 Å². The first-order valence-corrected chi connectivity index (χ1v) is 8.96. The Morgan fingerprint density at radius 1 is 1.31 bits per heavy atom. The van der Waals surface area contributed by atoms with Gasteiger partial charge < -0.3 is 14.2 Å². The number of hydrogen-bond acceptors (Lipinski definition) is 4. The van der Waals surface area contributed by atoms with Crippen LogP contribution in [-0.2, 0) is 24.9 Å². The molecule has 0 bridgehead atoms. The van der Waals surface area contributed by atoms with Gasteiger partial charge in [0.15, 0.2) is 5.69 Å². The monoisotopic (exact) mass is 353 g/mol. The summed E-state index contributed by atoms with van der Waals surface area (Å²) < 4.78 is 9.45. The van der Waals surface area contributed by atoms with Gasteiger partial charge in [-0.1, -0.05) is 18.2 Å². The van der Waals surface area contributed by atoms with Gasteiger partial charge in [0.2, 0.25) is 0 Å². The van der Waals surface area contributed by atoms with Crippen LogP contribution < -0.4 is 0 Å². The van der Waals surface area contributed by atoms with E-state index in [4.69, 9.17) is 4.74 Å². The maximum Gasteiger partial charge on any atom is 0.275 e. The molecule has 0 radical (unpaired) electrons. The molecule has 4 rings (SSSR count). The fourth-order valence-corrected chi connectivity index (χ4v) is 3.67. The van der Waals surface area contributed by atoms with Gasteiger partial charge in [-0.2, -0.15) is 5.10 Å². The van der Waals surface area contributed by atoms with Gasteiger partial charge in [0.1, 0.15) is 5.82 Å². The van der Waals surface area contributed by atoms with Crippen LogP contribution in [0.2, 0.25) is 0 Å². The number of ether oxygens (including phenoxy) is 1. The smallest absolute Gasteiger partial charge is 0.275 e. The van der Waals surface area contributed by atoms with Crippen molar-refractivity contribution < 1.29 is 9.53 Å². The number of para-hydroxylation sites is 1. The minimum atomic E-state index is -0.104. The number of imidazole rings is 1. The molecule has 0 fully saturated rings. The van der Waals surface area contributed by atoms with Crippen molar-refractivity contribution in [3.05, 3.63) is 47.7 Å². The number of rotatable bonds is 4. The molecule has 1 aromatic carbocycles. The average molecular weight is 353 g/mol. The van der Waals surface area contributed by atoms with Crippen LogP contribution in [-0.4, -0.2) is 43.3 Å². The average Bonchev–Trinajstić information content (AvgIpc) is 3.22. The van der Waals surface area contributed by atoms with Crippen molar-refractivity contribution in [2.24, 2.45) is 7.05 Å². The number of fused-ring (bicyclic) bond motifs is 2. The number of aromatic nitrogens is 4. The SMILES string of the molecule is CCOCc1cnc2n1CCN(C(=O)c1nn(C)c3ccccc13)[C@@H]2C. The van der Waals surface area contributed by atoms with E-state index >= 15 is 0 Å². The van der Waals surface area contributed by atoms with Crippen molar-refractivity contribution >= 4 is 16.8 Å². The maximum atomic E-state index is 13.2. The molecule has 7 heteroatoms. The highest BCUT2D eigenvalue weighted by atomic mass is 16.5. The molecule has 3 aromatic rings. The van der Waals surface area contributed by atoms with Crippen molar-refractivity contribution in [2.45, 2.75) is 33.0 Å². The lowest BCUT2D eigenvalue weighted by Gasteiger charge is -2.34. The summed E-state index contributed by atoms with van der Waals surface area (Å²) in [5, 5.41) is 5.37. The number of carbonyl (C=O) groups excluding carboxylic acids is 1. The van der Waals surface area contributed by atoms with E-state index in [1.807, 2.05) is 56.3 Å². The van der Waals surface area contributed by atoms with E-state index in [1.54, 1.807) is 4.68 Å². The first-order valence-electron chi connectivity index (χ1n) is 8.96. The molecular formula is C19H23N5O2. The lowest BCUT2D eigenvalue weighted by atomic mass is 10.1. The molecule has 1 aliphatic heterocycles. The molecule has 1 amide bonds. The van der Waals surface area contributed by atoms with Crippen LogP contribution in [0.5, 0.6) is 0 Å². The zero-order valence-electron chi connectivity index (χ0n) is 15.3. The summed E-state index contributed by atoms with van der Waals surface area (Å²) in [5.41, 5.74) is 2.52. The molecule has 0 unspecified atom stereocenters. The van der Waals surface area contributed by atoms with Gasteiger partial charge in [-0.25, -0.2) is 4.98 Å². The number of hydrogen-bond donors (Lipinski definition) is 0. The highest BCUT2D eigenvalue weighted by molar-refractivity contribution is 6.05. The topological polar surface area (TPSA) is 65.2 Å². The summed E-state index contributed by atoms with van der Waals surface area (Å²) in [4.78, 5) is 19.6. The van der Waals surface area contributed by atoms with Crippen LogP contribution in [0.25, 0.3) is 10.9 Å². The minimum Gasteiger partial charge on any atom is -0.375 e. The Morgan fingerprint density at radius 2 is 2.12 bits per heavy atom. The predicted molar refractivity (Wildman–Crippen MR) is 97.7 cm³/mol. The predicted octanol–water partition coefficient (Wildman–Crippen LogP) is 2.52. The Morgan fingerprint density at radius 3 is 2.92 bits per heavy atom. The molecule has 7 nitrogen and oxygen atoms in total. The lowest BCUT2D eigenvalue weighted by molar-refractivity contribution is 0.0625. The third kappa shape index (κ3) is 2.59. The molecule has 0 saturated carbocycles. The third-order valence-electron chi connectivity index (χ3n) is 5.05. The molecule has 1 aliphatic rings. The highest BCUT2D eigenvalue weighted by Gasteiger charge is 2.32. The van der Waals surface area contributed by atoms with Crippen LogP contribution >= 0.6 is 0 Å². The summed E-state index contributed by atoms with van der Waals surface area (Å²) in [6, 6.07) is 7.72. The molecule has 26 heavy (non-hydrogen) atoms. The molecular weight excluding hydrogens is 330 g/mol. The third-order valence-corrected chi connectivity index (χ3v) is 5.05. The summed E-state index contributed by atoms with van der Waals surface area (Å²) in [6.07, 6.45) is 1.85. The van der Waals surface area contributed by atoms with Gasteiger partial charge >= 0.3 is 0 Å². The largest absolute Gasteiger partial charge is 0.375 e. The fraction of sp³-hybridized carbons (Fsp3) is 0.421. The summed E-state index contributed by atoms with van der Waals surface area (Å²) >= 11 is 0. The molecule has 1 atom stereocenters. The van der Waals surface area contributed by atoms with Crippen LogP contribution in [0.4, 0.5) is 0 Å². The summed E-state index contributed by atoms with van der Waals surface area (Å²) in [5.74, 6) is 0.856. The molecule has 3 heterocycles. The van der Waals surface area contributed by atoms with Gasteiger partial charge in [-0.3, -0.25) is 9.48 Å². The van der Waals surface area contributed by atoms with Crippen molar-refractivity contribution in [2.75, 3.05) is 13.2 Å². The first kappa shape index (κ1) is 16.8. The standard InChI is InChI=1S/C19H23N5O2/c1-4-26-12-14-11-20-18-13(2)23(9-10-24(14)18)19(25)17-15-7-5-6-8-16(15)22(3)21-17/h5-8,11,13H,4,9-10,12H2,1-3H3/t13-/m1/s1. The number of aryl methyl sites for hydroxylation is 1. The van der Waals surface area contributed by atoms with Crippen molar-refractivity contribution in [1.82, 2.24) is 24.2 Å². The fourth-order valence-electron chi connectivity index (χ4n) is 3.67. The molecule has 0 N–H and O–H groups in total. The summed E-state index contributed by atoms with van der Waals surface area (Å²) in [6.45, 7) is 6.58. The molecule has 136 valence electrons. The second-order valence-electron chi connectivity index (χ2n) is 6.56.